The molecule has 0 spiro atoms. The first-order chi connectivity index (χ1) is 8.88. The average Bonchev–Trinajstić information content (AvgIpc) is 2.37. The molecule has 1 fully saturated rings. The van der Waals surface area contributed by atoms with E-state index in [0.717, 1.165) is 6.42 Å². The lowest BCUT2D eigenvalue weighted by Gasteiger charge is -2.30. The summed E-state index contributed by atoms with van der Waals surface area (Å²) in [4.78, 5) is 11.9. The monoisotopic (exact) mass is 275 g/mol. The third-order valence-corrected chi connectivity index (χ3v) is 3.60. The molecule has 1 aliphatic carbocycles. The van der Waals surface area contributed by atoms with Gasteiger partial charge < -0.3 is 5.32 Å². The van der Waals surface area contributed by atoms with Crippen molar-refractivity contribution in [3.8, 4) is 12.3 Å². The maximum Gasteiger partial charge on any atom is 0.391 e. The van der Waals surface area contributed by atoms with Gasteiger partial charge >= 0.3 is 6.18 Å². The minimum Gasteiger partial charge on any atom is -0.342 e. The molecule has 1 amide bonds. The van der Waals surface area contributed by atoms with Crippen LogP contribution in [-0.2, 0) is 4.79 Å². The Labute approximate surface area is 112 Å². The summed E-state index contributed by atoms with van der Waals surface area (Å²) >= 11 is 0. The Morgan fingerprint density at radius 1 is 1.47 bits per heavy atom. The lowest BCUT2D eigenvalue weighted by atomic mass is 9.80. The van der Waals surface area contributed by atoms with Crippen LogP contribution in [0.5, 0.6) is 0 Å². The van der Waals surface area contributed by atoms with Crippen LogP contribution >= 0.6 is 0 Å². The van der Waals surface area contributed by atoms with Gasteiger partial charge in [-0.1, -0.05) is 25.7 Å². The van der Waals surface area contributed by atoms with Gasteiger partial charge in [0, 0.05) is 5.92 Å². The molecule has 5 heteroatoms. The molecular formula is C14H20F3NO. The van der Waals surface area contributed by atoms with Crippen LogP contribution in [0.25, 0.3) is 0 Å². The molecule has 1 rings (SSSR count). The zero-order chi connectivity index (χ0) is 14.5. The normalized spacial score (nSPS) is 25.4. The first-order valence-corrected chi connectivity index (χ1v) is 6.71. The molecule has 0 aliphatic heterocycles. The van der Waals surface area contributed by atoms with Gasteiger partial charge in [0.2, 0.25) is 5.91 Å². The molecule has 1 N–H and O–H groups in total. The van der Waals surface area contributed by atoms with Gasteiger partial charge in [0.25, 0.3) is 0 Å². The number of carbonyl (C=O) groups is 1. The van der Waals surface area contributed by atoms with Gasteiger partial charge in [-0.2, -0.15) is 13.2 Å². The number of hydrogen-bond acceptors (Lipinski definition) is 1. The maximum absolute atomic E-state index is 12.7. The number of halogens is 3. The smallest absolute Gasteiger partial charge is 0.342 e. The van der Waals surface area contributed by atoms with Gasteiger partial charge in [0.15, 0.2) is 0 Å². The van der Waals surface area contributed by atoms with Crippen molar-refractivity contribution < 1.29 is 18.0 Å². The van der Waals surface area contributed by atoms with Gasteiger partial charge in [0.05, 0.1) is 12.0 Å². The van der Waals surface area contributed by atoms with Gasteiger partial charge in [-0.3, -0.25) is 4.79 Å². The minimum absolute atomic E-state index is 0.112. The van der Waals surface area contributed by atoms with E-state index < -0.39 is 18.0 Å². The molecule has 3 unspecified atom stereocenters. The fourth-order valence-corrected chi connectivity index (χ4v) is 2.50. The molecule has 0 radical (unpaired) electrons. The highest BCUT2D eigenvalue weighted by Crippen LogP contribution is 2.39. The fourth-order valence-electron chi connectivity index (χ4n) is 2.50. The second-order valence-electron chi connectivity index (χ2n) is 5.12. The highest BCUT2D eigenvalue weighted by Gasteiger charge is 2.43. The molecule has 0 aromatic heterocycles. The van der Waals surface area contributed by atoms with Crippen LogP contribution in [-0.4, -0.2) is 18.1 Å². The van der Waals surface area contributed by atoms with Crippen molar-refractivity contribution in [3.63, 3.8) is 0 Å². The second-order valence-corrected chi connectivity index (χ2v) is 5.12. The lowest BCUT2D eigenvalue weighted by Crippen LogP contribution is -2.41. The van der Waals surface area contributed by atoms with E-state index in [-0.39, 0.29) is 24.8 Å². The Kier molecular flexibility index (Phi) is 5.71. The second kappa shape index (κ2) is 6.83. The molecular weight excluding hydrogens is 255 g/mol. The molecule has 19 heavy (non-hydrogen) atoms. The molecule has 0 heterocycles. The molecule has 3 atom stereocenters. The van der Waals surface area contributed by atoms with Gasteiger partial charge in [-0.25, -0.2) is 0 Å². The number of hydrogen-bond donors (Lipinski definition) is 1. The zero-order valence-corrected chi connectivity index (χ0v) is 11.1. The Morgan fingerprint density at radius 2 is 2.16 bits per heavy atom. The molecule has 0 saturated heterocycles. The summed E-state index contributed by atoms with van der Waals surface area (Å²) in [6, 6.07) is -0.372. The van der Waals surface area contributed by atoms with E-state index in [1.807, 2.05) is 6.92 Å². The van der Waals surface area contributed by atoms with E-state index >= 15 is 0 Å². The topological polar surface area (TPSA) is 29.1 Å². The third-order valence-electron chi connectivity index (χ3n) is 3.60. The Bertz CT molecular complexity index is 346. The highest BCUT2D eigenvalue weighted by atomic mass is 19.4. The summed E-state index contributed by atoms with van der Waals surface area (Å²) in [6.07, 6.45) is 3.53. The summed E-state index contributed by atoms with van der Waals surface area (Å²) in [6.45, 7) is 1.94. The molecule has 0 aromatic rings. The standard InChI is InChI=1S/C14H20F3NO/c1-3-6-12(4-2)18-13(19)10-7-5-8-11(9-10)14(15,16)17/h2,10-12H,3,5-9H2,1H3,(H,18,19). The SMILES string of the molecule is C#CC(CCC)NC(=O)C1CCCC(C(F)(F)F)C1. The first kappa shape index (κ1) is 15.9. The molecule has 2 nitrogen and oxygen atoms in total. The summed E-state index contributed by atoms with van der Waals surface area (Å²) in [5, 5.41) is 2.67. The van der Waals surface area contributed by atoms with Crippen molar-refractivity contribution in [2.24, 2.45) is 11.8 Å². The largest absolute Gasteiger partial charge is 0.391 e. The summed E-state index contributed by atoms with van der Waals surface area (Å²) < 4.78 is 38.0. The number of terminal acetylenes is 1. The van der Waals surface area contributed by atoms with Gasteiger partial charge in [-0.05, 0) is 25.7 Å². The predicted molar refractivity (Wildman–Crippen MR) is 67.2 cm³/mol. The van der Waals surface area contributed by atoms with Gasteiger partial charge in [0.1, 0.15) is 0 Å². The highest BCUT2D eigenvalue weighted by molar-refractivity contribution is 5.79. The maximum atomic E-state index is 12.7. The Morgan fingerprint density at radius 3 is 2.68 bits per heavy atom. The van der Waals surface area contributed by atoms with Crippen LogP contribution in [0.2, 0.25) is 0 Å². The number of amides is 1. The number of alkyl halides is 3. The van der Waals surface area contributed by atoms with E-state index in [1.165, 1.54) is 0 Å². The number of rotatable bonds is 4. The van der Waals surface area contributed by atoms with Crippen molar-refractivity contribution in [2.45, 2.75) is 57.7 Å². The van der Waals surface area contributed by atoms with Gasteiger partial charge in [-0.15, -0.1) is 6.42 Å². The Hall–Kier alpha value is -1.18. The van der Waals surface area contributed by atoms with Crippen molar-refractivity contribution >= 4 is 5.91 Å². The van der Waals surface area contributed by atoms with Crippen LogP contribution in [0.4, 0.5) is 13.2 Å². The van der Waals surface area contributed by atoms with E-state index in [1.54, 1.807) is 0 Å². The molecule has 108 valence electrons. The van der Waals surface area contributed by atoms with Crippen molar-refractivity contribution in [2.75, 3.05) is 0 Å². The van der Waals surface area contributed by atoms with Crippen molar-refractivity contribution in [1.82, 2.24) is 5.32 Å². The minimum atomic E-state index is -4.20. The average molecular weight is 275 g/mol. The van der Waals surface area contributed by atoms with E-state index in [2.05, 4.69) is 11.2 Å². The predicted octanol–water partition coefficient (Wildman–Crippen LogP) is 3.27. The van der Waals surface area contributed by atoms with E-state index in [9.17, 15) is 18.0 Å². The molecule has 0 aromatic carbocycles. The van der Waals surface area contributed by atoms with Crippen molar-refractivity contribution in [1.29, 1.82) is 0 Å². The lowest BCUT2D eigenvalue weighted by molar-refractivity contribution is -0.186. The first-order valence-electron chi connectivity index (χ1n) is 6.71. The van der Waals surface area contributed by atoms with Crippen LogP contribution in [0.15, 0.2) is 0 Å². The Balaban J connectivity index is 2.55. The molecule has 1 aliphatic rings. The number of nitrogens with one attached hydrogen (secondary N) is 1. The van der Waals surface area contributed by atoms with E-state index in [0.29, 0.717) is 19.3 Å². The molecule has 0 bridgehead atoms. The van der Waals surface area contributed by atoms with Crippen LogP contribution in [0, 0.1) is 24.2 Å². The summed E-state index contributed by atoms with van der Waals surface area (Å²) in [5.41, 5.74) is 0. The van der Waals surface area contributed by atoms with Crippen LogP contribution in [0.3, 0.4) is 0 Å². The van der Waals surface area contributed by atoms with Crippen LogP contribution < -0.4 is 5.32 Å². The summed E-state index contributed by atoms with van der Waals surface area (Å²) in [5.74, 6) is 0.216. The quantitative estimate of drug-likeness (QED) is 0.784. The molecule has 1 saturated carbocycles. The van der Waals surface area contributed by atoms with Crippen LogP contribution in [0.1, 0.15) is 45.4 Å². The van der Waals surface area contributed by atoms with Crippen molar-refractivity contribution in [3.05, 3.63) is 0 Å². The van der Waals surface area contributed by atoms with E-state index in [4.69, 9.17) is 6.42 Å². The number of carbonyl (C=O) groups excluding carboxylic acids is 1. The zero-order valence-electron chi connectivity index (χ0n) is 11.1. The fraction of sp³-hybridized carbons (Fsp3) is 0.786. The third kappa shape index (κ3) is 4.77. The summed E-state index contributed by atoms with van der Waals surface area (Å²) in [7, 11) is 0.